The van der Waals surface area contributed by atoms with Crippen molar-refractivity contribution in [1.29, 1.82) is 0 Å². The van der Waals surface area contributed by atoms with E-state index in [1.165, 1.54) is 19.2 Å². The van der Waals surface area contributed by atoms with Crippen LogP contribution in [0.5, 0.6) is 5.75 Å². The van der Waals surface area contributed by atoms with Gasteiger partial charge in [0, 0.05) is 5.56 Å². The summed E-state index contributed by atoms with van der Waals surface area (Å²) in [7, 11) is 1.19. The summed E-state index contributed by atoms with van der Waals surface area (Å²) in [6, 6.07) is 6.13. The number of aromatic hydroxyl groups is 1. The van der Waals surface area contributed by atoms with Crippen molar-refractivity contribution in [1.82, 2.24) is 0 Å². The fourth-order valence-electron chi connectivity index (χ4n) is 1.15. The van der Waals surface area contributed by atoms with Gasteiger partial charge in [0.15, 0.2) is 0 Å². The molecular formula is C11H11FO4. The van der Waals surface area contributed by atoms with Gasteiger partial charge in [0.2, 0.25) is 6.86 Å². The predicted molar refractivity (Wildman–Crippen MR) is 55.2 cm³/mol. The highest BCUT2D eigenvalue weighted by atomic mass is 19.1. The number of alkyl halides is 1. The zero-order valence-electron chi connectivity index (χ0n) is 8.64. The number of phenolic OH excluding ortho intramolecular Hbond substituents is 1. The van der Waals surface area contributed by atoms with Crippen molar-refractivity contribution in [2.24, 2.45) is 0 Å². The van der Waals surface area contributed by atoms with Gasteiger partial charge in [0.05, 0.1) is 7.11 Å². The molecule has 0 radical (unpaired) electrons. The zero-order valence-corrected chi connectivity index (χ0v) is 8.64. The minimum atomic E-state index is -1.06. The van der Waals surface area contributed by atoms with E-state index in [4.69, 9.17) is 0 Å². The van der Waals surface area contributed by atoms with Gasteiger partial charge in [-0.25, -0.2) is 9.18 Å². The third-order valence-electron chi connectivity index (χ3n) is 1.86. The number of hydrogen-bond donors (Lipinski definition) is 1. The number of halogens is 1. The first-order valence-corrected chi connectivity index (χ1v) is 4.45. The lowest BCUT2D eigenvalue weighted by atomic mass is 10.1. The van der Waals surface area contributed by atoms with E-state index < -0.39 is 12.8 Å². The Labute approximate surface area is 91.9 Å². The summed E-state index contributed by atoms with van der Waals surface area (Å²) >= 11 is 0. The molecular weight excluding hydrogens is 215 g/mol. The first-order chi connectivity index (χ1) is 7.70. The van der Waals surface area contributed by atoms with Crippen LogP contribution in [0.4, 0.5) is 4.39 Å². The first kappa shape index (κ1) is 12.0. The lowest BCUT2D eigenvalue weighted by Crippen LogP contribution is -2.04. The Balaban J connectivity index is 3.11. The van der Waals surface area contributed by atoms with Gasteiger partial charge >= 0.3 is 5.97 Å². The Morgan fingerprint density at radius 3 is 2.75 bits per heavy atom. The normalized spacial score (nSPS) is 11.0. The number of benzene rings is 1. The van der Waals surface area contributed by atoms with E-state index in [0.717, 1.165) is 6.26 Å². The molecule has 0 spiro atoms. The van der Waals surface area contributed by atoms with Crippen molar-refractivity contribution in [3.8, 4) is 5.75 Å². The van der Waals surface area contributed by atoms with E-state index in [0.29, 0.717) is 0 Å². The average molecular weight is 226 g/mol. The summed E-state index contributed by atoms with van der Waals surface area (Å²) in [6.07, 6.45) is 0.918. The first-order valence-electron chi connectivity index (χ1n) is 4.45. The number of ether oxygens (including phenoxy) is 2. The number of carbonyl (C=O) groups excluding carboxylic acids is 1. The van der Waals surface area contributed by atoms with Gasteiger partial charge in [0.25, 0.3) is 0 Å². The topological polar surface area (TPSA) is 55.8 Å². The molecule has 0 fully saturated rings. The molecule has 0 unspecified atom stereocenters. The van der Waals surface area contributed by atoms with Gasteiger partial charge in [-0.2, -0.15) is 0 Å². The molecule has 0 aliphatic heterocycles. The Kier molecular flexibility index (Phi) is 4.32. The van der Waals surface area contributed by atoms with Crippen molar-refractivity contribution in [3.63, 3.8) is 0 Å². The van der Waals surface area contributed by atoms with Crippen LogP contribution in [0.15, 0.2) is 30.5 Å². The fraction of sp³-hybridized carbons (Fsp3) is 0.182. The third-order valence-corrected chi connectivity index (χ3v) is 1.86. The highest BCUT2D eigenvalue weighted by Crippen LogP contribution is 2.25. The van der Waals surface area contributed by atoms with Gasteiger partial charge in [-0.05, 0) is 6.07 Å². The maximum atomic E-state index is 11.9. The Morgan fingerprint density at radius 2 is 2.19 bits per heavy atom. The second-order valence-corrected chi connectivity index (χ2v) is 2.82. The quantitative estimate of drug-likeness (QED) is 0.483. The molecule has 1 rings (SSSR count). The molecule has 16 heavy (non-hydrogen) atoms. The number of esters is 1. The van der Waals surface area contributed by atoms with Crippen LogP contribution < -0.4 is 0 Å². The Bertz CT molecular complexity index is 401. The molecule has 1 N–H and O–H groups in total. The number of methoxy groups -OCH3 is 1. The van der Waals surface area contributed by atoms with Gasteiger partial charge in [0.1, 0.15) is 17.6 Å². The van der Waals surface area contributed by atoms with Gasteiger partial charge in [-0.15, -0.1) is 0 Å². The summed E-state index contributed by atoms with van der Waals surface area (Å²) in [5.74, 6) is -0.823. The van der Waals surface area contributed by atoms with Crippen molar-refractivity contribution in [3.05, 3.63) is 36.1 Å². The zero-order chi connectivity index (χ0) is 12.0. The molecule has 5 heteroatoms. The molecule has 0 amide bonds. The van der Waals surface area contributed by atoms with Crippen molar-refractivity contribution >= 4 is 11.5 Å². The van der Waals surface area contributed by atoms with Crippen molar-refractivity contribution in [2.75, 3.05) is 14.0 Å². The standard InChI is InChI=1S/C11H11FO4/c1-15-11(14)9(6-16-7-12)8-4-2-3-5-10(8)13/h2-6,13H,7H2,1H3. The summed E-state index contributed by atoms with van der Waals surface area (Å²) in [5.41, 5.74) is 0.182. The van der Waals surface area contributed by atoms with Crippen LogP contribution in [0.25, 0.3) is 5.57 Å². The average Bonchev–Trinajstić information content (AvgIpc) is 2.31. The second kappa shape index (κ2) is 5.75. The minimum Gasteiger partial charge on any atom is -0.507 e. The number of carbonyl (C=O) groups is 1. The lowest BCUT2D eigenvalue weighted by molar-refractivity contribution is -0.133. The summed E-state index contributed by atoms with van der Waals surface area (Å²) in [6.45, 7) is -1.06. The minimum absolute atomic E-state index is 0.0433. The second-order valence-electron chi connectivity index (χ2n) is 2.82. The van der Waals surface area contributed by atoms with Gasteiger partial charge in [-0.3, -0.25) is 0 Å². The molecule has 0 saturated carbocycles. The lowest BCUT2D eigenvalue weighted by Gasteiger charge is -2.07. The Hall–Kier alpha value is -2.04. The van der Waals surface area contributed by atoms with E-state index in [1.807, 2.05) is 0 Å². The molecule has 0 atom stereocenters. The number of hydrogen-bond acceptors (Lipinski definition) is 4. The molecule has 0 aromatic heterocycles. The Morgan fingerprint density at radius 1 is 1.50 bits per heavy atom. The molecule has 0 aliphatic rings. The summed E-state index contributed by atoms with van der Waals surface area (Å²) in [4.78, 5) is 11.4. The van der Waals surface area contributed by atoms with Crippen LogP contribution in [-0.2, 0) is 14.3 Å². The number of rotatable bonds is 4. The summed E-state index contributed by atoms with van der Waals surface area (Å²) < 4.78 is 20.7. The molecule has 86 valence electrons. The maximum Gasteiger partial charge on any atom is 0.341 e. The molecule has 1 aromatic carbocycles. The molecule has 1 aromatic rings. The van der Waals surface area contributed by atoms with Crippen LogP contribution >= 0.6 is 0 Å². The van der Waals surface area contributed by atoms with Crippen LogP contribution in [-0.4, -0.2) is 25.0 Å². The van der Waals surface area contributed by atoms with Crippen LogP contribution in [0, 0.1) is 0 Å². The monoisotopic (exact) mass is 226 g/mol. The largest absolute Gasteiger partial charge is 0.507 e. The van der Waals surface area contributed by atoms with E-state index in [-0.39, 0.29) is 16.9 Å². The molecule has 0 aliphatic carbocycles. The molecule has 0 heterocycles. The van der Waals surface area contributed by atoms with E-state index >= 15 is 0 Å². The number of para-hydroxylation sites is 1. The van der Waals surface area contributed by atoms with Crippen molar-refractivity contribution < 1.29 is 23.8 Å². The number of phenols is 1. The van der Waals surface area contributed by atoms with E-state index in [1.54, 1.807) is 12.1 Å². The highest BCUT2D eigenvalue weighted by Gasteiger charge is 2.16. The molecule has 0 saturated heterocycles. The van der Waals surface area contributed by atoms with Crippen LogP contribution in [0.3, 0.4) is 0 Å². The van der Waals surface area contributed by atoms with Gasteiger partial charge < -0.3 is 14.6 Å². The SMILES string of the molecule is COC(=O)C(=COCF)c1ccccc1O. The smallest absolute Gasteiger partial charge is 0.341 e. The van der Waals surface area contributed by atoms with Crippen LogP contribution in [0.1, 0.15) is 5.56 Å². The molecule has 0 bridgehead atoms. The predicted octanol–water partition coefficient (Wildman–Crippen LogP) is 1.85. The van der Waals surface area contributed by atoms with Gasteiger partial charge in [-0.1, -0.05) is 18.2 Å². The van der Waals surface area contributed by atoms with Crippen molar-refractivity contribution in [2.45, 2.75) is 0 Å². The fourth-order valence-corrected chi connectivity index (χ4v) is 1.15. The summed E-state index contributed by atoms with van der Waals surface area (Å²) in [5, 5.41) is 9.53. The molecule has 4 nitrogen and oxygen atoms in total. The third kappa shape index (κ3) is 2.73. The van der Waals surface area contributed by atoms with E-state index in [9.17, 15) is 14.3 Å². The highest BCUT2D eigenvalue weighted by molar-refractivity contribution is 6.16. The maximum absolute atomic E-state index is 11.9. The van der Waals surface area contributed by atoms with Crippen LogP contribution in [0.2, 0.25) is 0 Å². The van der Waals surface area contributed by atoms with E-state index in [2.05, 4.69) is 9.47 Å².